The number of rotatable bonds is 5. The lowest BCUT2D eigenvalue weighted by Gasteiger charge is -2.44. The molecule has 1 saturated carbocycles. The second-order valence-corrected chi connectivity index (χ2v) is 8.12. The maximum absolute atomic E-state index is 10.6. The molecular formula is C22H27F3N4O4. The van der Waals surface area contributed by atoms with Crippen molar-refractivity contribution in [3.05, 3.63) is 48.0 Å². The van der Waals surface area contributed by atoms with Crippen molar-refractivity contribution < 1.29 is 32.5 Å². The van der Waals surface area contributed by atoms with Gasteiger partial charge in [0.25, 0.3) is 0 Å². The van der Waals surface area contributed by atoms with E-state index in [1.807, 2.05) is 37.5 Å². The second-order valence-electron chi connectivity index (χ2n) is 8.12. The smallest absolute Gasteiger partial charge is 0.475 e. The van der Waals surface area contributed by atoms with E-state index in [0.29, 0.717) is 25.7 Å². The molecule has 2 aromatic heterocycles. The molecule has 1 spiro atoms. The molecule has 180 valence electrons. The summed E-state index contributed by atoms with van der Waals surface area (Å²) in [5.74, 6) is -1.55. The summed E-state index contributed by atoms with van der Waals surface area (Å²) in [6, 6.07) is 5.91. The number of aromatic nitrogens is 3. The summed E-state index contributed by atoms with van der Waals surface area (Å²) in [6.45, 7) is 5.67. The number of ether oxygens (including phenoxy) is 2. The first-order valence-corrected chi connectivity index (χ1v) is 10.6. The average molecular weight is 468 g/mol. The Bertz CT molecular complexity index is 899. The van der Waals surface area contributed by atoms with Crippen LogP contribution in [0.2, 0.25) is 0 Å². The van der Waals surface area contributed by atoms with Crippen LogP contribution in [0.15, 0.2) is 36.8 Å². The van der Waals surface area contributed by atoms with Crippen molar-refractivity contribution in [1.82, 2.24) is 15.0 Å². The molecule has 2 aromatic rings. The van der Waals surface area contributed by atoms with Crippen LogP contribution in [0.5, 0.6) is 0 Å². The van der Waals surface area contributed by atoms with Crippen LogP contribution in [0.4, 0.5) is 19.1 Å². The molecular weight excluding hydrogens is 441 g/mol. The highest BCUT2D eigenvalue weighted by Crippen LogP contribution is 2.41. The highest BCUT2D eigenvalue weighted by atomic mass is 19.4. The van der Waals surface area contributed by atoms with E-state index in [0.717, 1.165) is 43.1 Å². The van der Waals surface area contributed by atoms with Gasteiger partial charge >= 0.3 is 12.1 Å². The molecule has 2 fully saturated rings. The molecule has 1 N–H and O–H groups in total. The summed E-state index contributed by atoms with van der Waals surface area (Å²) in [4.78, 5) is 24.5. The number of alkyl halides is 3. The van der Waals surface area contributed by atoms with Crippen molar-refractivity contribution in [2.24, 2.45) is 5.92 Å². The number of halogens is 3. The van der Waals surface area contributed by atoms with Gasteiger partial charge in [0.2, 0.25) is 5.95 Å². The van der Waals surface area contributed by atoms with Gasteiger partial charge in [-0.25, -0.2) is 14.8 Å². The fraction of sp³-hybridized carbons (Fsp3) is 0.545. The lowest BCUT2D eigenvalue weighted by atomic mass is 9.89. The van der Waals surface area contributed by atoms with Crippen LogP contribution >= 0.6 is 0 Å². The van der Waals surface area contributed by atoms with E-state index in [1.165, 1.54) is 6.42 Å². The van der Waals surface area contributed by atoms with Crippen LogP contribution in [-0.2, 0) is 20.9 Å². The zero-order valence-corrected chi connectivity index (χ0v) is 18.3. The molecule has 0 unspecified atom stereocenters. The molecule has 1 aliphatic carbocycles. The standard InChI is InChI=1S/C20H26N4O2.C2HF3O2/c1-16-11-22-19(23-12-16)24-9-10-26-20(15-24)7-4-5-17(20)13-25-14-18-6-2-3-8-21-18;3-2(4,5)1(6)7/h2-3,6,8,11-12,17H,4-5,7,9-10,13-15H2,1H3;(H,6,7)/t17-,20-;/m1./s1. The number of anilines is 1. The Hall–Kier alpha value is -2.79. The molecule has 33 heavy (non-hydrogen) atoms. The number of carbonyl (C=O) groups is 1. The van der Waals surface area contributed by atoms with E-state index in [-0.39, 0.29) is 5.60 Å². The zero-order valence-electron chi connectivity index (χ0n) is 18.3. The fourth-order valence-electron chi connectivity index (χ4n) is 4.06. The summed E-state index contributed by atoms with van der Waals surface area (Å²) < 4.78 is 44.1. The number of aliphatic carboxylic acids is 1. The van der Waals surface area contributed by atoms with Gasteiger partial charge in [0, 0.05) is 31.1 Å². The minimum atomic E-state index is -5.08. The topological polar surface area (TPSA) is 97.7 Å². The lowest BCUT2D eigenvalue weighted by Crippen LogP contribution is -2.55. The minimum absolute atomic E-state index is 0.142. The maximum atomic E-state index is 10.6. The van der Waals surface area contributed by atoms with Gasteiger partial charge in [-0.15, -0.1) is 0 Å². The van der Waals surface area contributed by atoms with E-state index in [1.54, 1.807) is 6.20 Å². The summed E-state index contributed by atoms with van der Waals surface area (Å²) in [5.41, 5.74) is 1.91. The predicted molar refractivity (Wildman–Crippen MR) is 113 cm³/mol. The third-order valence-corrected chi connectivity index (χ3v) is 5.69. The Morgan fingerprint density at radius 3 is 2.67 bits per heavy atom. The maximum Gasteiger partial charge on any atom is 0.490 e. The average Bonchev–Trinajstić information content (AvgIpc) is 3.16. The van der Waals surface area contributed by atoms with Gasteiger partial charge in [-0.05, 0) is 37.5 Å². The second kappa shape index (κ2) is 10.9. The number of morpholine rings is 1. The summed E-state index contributed by atoms with van der Waals surface area (Å²) in [7, 11) is 0. The first-order valence-electron chi connectivity index (χ1n) is 10.6. The molecule has 0 bridgehead atoms. The summed E-state index contributed by atoms with van der Waals surface area (Å²) >= 11 is 0. The van der Waals surface area contributed by atoms with Gasteiger partial charge < -0.3 is 19.5 Å². The first-order chi connectivity index (χ1) is 15.7. The molecule has 3 heterocycles. The van der Waals surface area contributed by atoms with Crippen LogP contribution in [0.1, 0.15) is 30.5 Å². The molecule has 2 aliphatic rings. The van der Waals surface area contributed by atoms with Crippen LogP contribution in [0.3, 0.4) is 0 Å². The minimum Gasteiger partial charge on any atom is -0.475 e. The number of carboxylic acids is 1. The monoisotopic (exact) mass is 468 g/mol. The normalized spacial score (nSPS) is 22.7. The van der Waals surface area contributed by atoms with Crippen molar-refractivity contribution in [2.45, 2.75) is 44.6 Å². The lowest BCUT2D eigenvalue weighted by molar-refractivity contribution is -0.192. The Labute approximate surface area is 189 Å². The summed E-state index contributed by atoms with van der Waals surface area (Å²) in [5, 5.41) is 7.12. The van der Waals surface area contributed by atoms with Crippen LogP contribution in [0.25, 0.3) is 0 Å². The van der Waals surface area contributed by atoms with Gasteiger partial charge in [-0.3, -0.25) is 4.98 Å². The van der Waals surface area contributed by atoms with E-state index < -0.39 is 12.1 Å². The predicted octanol–water partition coefficient (Wildman–Crippen LogP) is 3.41. The van der Waals surface area contributed by atoms with E-state index in [4.69, 9.17) is 19.4 Å². The van der Waals surface area contributed by atoms with Crippen molar-refractivity contribution in [3.63, 3.8) is 0 Å². The molecule has 0 amide bonds. The van der Waals surface area contributed by atoms with Crippen LogP contribution in [-0.4, -0.2) is 64.1 Å². The molecule has 0 radical (unpaired) electrons. The Morgan fingerprint density at radius 1 is 1.30 bits per heavy atom. The Balaban J connectivity index is 0.000000383. The Kier molecular flexibility index (Phi) is 8.20. The largest absolute Gasteiger partial charge is 0.490 e. The molecule has 0 aromatic carbocycles. The molecule has 1 aliphatic heterocycles. The third kappa shape index (κ3) is 6.84. The fourth-order valence-corrected chi connectivity index (χ4v) is 4.06. The number of hydrogen-bond donors (Lipinski definition) is 1. The SMILES string of the molecule is Cc1cnc(N2CCO[C@]3(CCC[C@@H]3COCc3ccccn3)C2)nc1.O=C(O)C(F)(F)F. The van der Waals surface area contributed by atoms with E-state index in [2.05, 4.69) is 19.9 Å². The van der Waals surface area contributed by atoms with Gasteiger partial charge in [-0.2, -0.15) is 13.2 Å². The van der Waals surface area contributed by atoms with Crippen molar-refractivity contribution in [1.29, 1.82) is 0 Å². The number of hydrogen-bond acceptors (Lipinski definition) is 7. The Morgan fingerprint density at radius 2 is 2.03 bits per heavy atom. The number of nitrogens with zero attached hydrogens (tertiary/aromatic N) is 4. The first kappa shape index (κ1) is 24.8. The van der Waals surface area contributed by atoms with E-state index >= 15 is 0 Å². The van der Waals surface area contributed by atoms with Gasteiger partial charge in [0.05, 0.1) is 37.7 Å². The van der Waals surface area contributed by atoms with Gasteiger partial charge in [0.1, 0.15) is 0 Å². The molecule has 2 atom stereocenters. The van der Waals surface area contributed by atoms with Gasteiger partial charge in [0.15, 0.2) is 0 Å². The summed E-state index contributed by atoms with van der Waals surface area (Å²) in [6.07, 6.45) is 3.89. The van der Waals surface area contributed by atoms with Crippen molar-refractivity contribution in [3.8, 4) is 0 Å². The number of carboxylic acid groups (broad SMARTS) is 1. The molecule has 1 saturated heterocycles. The molecule has 8 nitrogen and oxygen atoms in total. The highest BCUT2D eigenvalue weighted by molar-refractivity contribution is 5.73. The van der Waals surface area contributed by atoms with Gasteiger partial charge in [-0.1, -0.05) is 12.5 Å². The van der Waals surface area contributed by atoms with Crippen molar-refractivity contribution >= 4 is 11.9 Å². The number of aryl methyl sites for hydroxylation is 1. The van der Waals surface area contributed by atoms with Crippen molar-refractivity contribution in [2.75, 3.05) is 31.2 Å². The quantitative estimate of drug-likeness (QED) is 0.713. The van der Waals surface area contributed by atoms with Crippen LogP contribution in [0, 0.1) is 12.8 Å². The highest BCUT2D eigenvalue weighted by Gasteiger charge is 2.47. The number of pyridine rings is 1. The van der Waals surface area contributed by atoms with E-state index in [9.17, 15) is 13.2 Å². The molecule has 11 heteroatoms. The molecule has 4 rings (SSSR count). The third-order valence-electron chi connectivity index (χ3n) is 5.69. The zero-order chi connectivity index (χ0) is 23.9. The van der Waals surface area contributed by atoms with Crippen LogP contribution < -0.4 is 4.90 Å².